The van der Waals surface area contributed by atoms with Crippen molar-refractivity contribution in [1.29, 1.82) is 0 Å². The molecule has 0 aromatic heterocycles. The van der Waals surface area contributed by atoms with Gasteiger partial charge < -0.3 is 19.6 Å². The Morgan fingerprint density at radius 2 is 1.86 bits per heavy atom. The molecule has 7 nitrogen and oxygen atoms in total. The summed E-state index contributed by atoms with van der Waals surface area (Å²) in [6.07, 6.45) is -0.867. The molecule has 2 aliphatic heterocycles. The van der Waals surface area contributed by atoms with Crippen molar-refractivity contribution in [2.45, 2.75) is 0 Å². The van der Waals surface area contributed by atoms with E-state index in [2.05, 4.69) is 4.90 Å². The fourth-order valence-corrected chi connectivity index (χ4v) is 3.53. The Bertz CT molecular complexity index is 412. The van der Waals surface area contributed by atoms with Crippen LogP contribution in [0.25, 0.3) is 0 Å². The number of carboxylic acid groups (broad SMARTS) is 1. The van der Waals surface area contributed by atoms with Gasteiger partial charge in [0.1, 0.15) is 0 Å². The van der Waals surface area contributed by atoms with Gasteiger partial charge in [-0.25, -0.2) is 4.79 Å². The van der Waals surface area contributed by atoms with Crippen LogP contribution in [0, 0.1) is 17.8 Å². The highest BCUT2D eigenvalue weighted by Crippen LogP contribution is 2.52. The van der Waals surface area contributed by atoms with Crippen molar-refractivity contribution in [3.05, 3.63) is 0 Å². The minimum Gasteiger partial charge on any atom is -0.465 e. The van der Waals surface area contributed by atoms with Crippen LogP contribution in [0.1, 0.15) is 0 Å². The molecule has 3 atom stereocenters. The zero-order valence-electron chi connectivity index (χ0n) is 12.4. The van der Waals surface area contributed by atoms with E-state index in [0.717, 1.165) is 39.4 Å². The molecule has 0 bridgehead atoms. The van der Waals surface area contributed by atoms with Crippen molar-refractivity contribution in [2.75, 3.05) is 59.5 Å². The van der Waals surface area contributed by atoms with Gasteiger partial charge in [-0.15, -0.1) is 0 Å². The van der Waals surface area contributed by atoms with E-state index in [0.29, 0.717) is 13.1 Å². The minimum atomic E-state index is -0.867. The van der Waals surface area contributed by atoms with Crippen LogP contribution in [0.15, 0.2) is 0 Å². The van der Waals surface area contributed by atoms with Gasteiger partial charge in [0.2, 0.25) is 5.91 Å². The van der Waals surface area contributed by atoms with Crippen molar-refractivity contribution in [3.8, 4) is 0 Å². The molecule has 1 unspecified atom stereocenters. The highest BCUT2D eigenvalue weighted by Gasteiger charge is 2.60. The second-order valence-corrected chi connectivity index (χ2v) is 6.25. The Balaban J connectivity index is 1.41. The molecule has 3 aliphatic rings. The number of likely N-dealkylation sites (tertiary alicyclic amines) is 1. The average Bonchev–Trinajstić information content (AvgIpc) is 2.98. The number of hydrogen-bond acceptors (Lipinski definition) is 4. The maximum Gasteiger partial charge on any atom is 0.407 e. The number of morpholine rings is 1. The molecule has 0 aromatic rings. The van der Waals surface area contributed by atoms with Gasteiger partial charge >= 0.3 is 6.09 Å². The number of hydrogen-bond donors (Lipinski definition) is 1. The summed E-state index contributed by atoms with van der Waals surface area (Å²) < 4.78 is 5.31. The number of ether oxygens (including phenoxy) is 1. The Kier molecular flexibility index (Phi) is 4.03. The molecule has 3 fully saturated rings. The third-order valence-electron chi connectivity index (χ3n) is 4.98. The van der Waals surface area contributed by atoms with E-state index in [9.17, 15) is 9.59 Å². The van der Waals surface area contributed by atoms with Crippen molar-refractivity contribution in [1.82, 2.24) is 14.7 Å². The Labute approximate surface area is 124 Å². The topological polar surface area (TPSA) is 73.3 Å². The van der Waals surface area contributed by atoms with Crippen LogP contribution in [0.2, 0.25) is 0 Å². The zero-order chi connectivity index (χ0) is 15.0. The lowest BCUT2D eigenvalue weighted by atomic mass is 10.2. The summed E-state index contributed by atoms with van der Waals surface area (Å²) in [7, 11) is 1.85. The molecule has 0 aromatic carbocycles. The summed E-state index contributed by atoms with van der Waals surface area (Å²) >= 11 is 0. The second-order valence-electron chi connectivity index (χ2n) is 6.25. The van der Waals surface area contributed by atoms with Crippen LogP contribution in [0.4, 0.5) is 4.79 Å². The first kappa shape index (κ1) is 14.6. The zero-order valence-corrected chi connectivity index (χ0v) is 12.4. The van der Waals surface area contributed by atoms with Gasteiger partial charge in [-0.05, 0) is 11.8 Å². The fraction of sp³-hybridized carbons (Fsp3) is 0.857. The van der Waals surface area contributed by atoms with Gasteiger partial charge in [0.15, 0.2) is 0 Å². The Hall–Kier alpha value is -1.34. The SMILES string of the molecule is CN(CCN1CCOCC1)C(=O)C1[C@H]2CN(C(=O)O)C[C@@H]12. The molecule has 0 spiro atoms. The third kappa shape index (κ3) is 2.98. The van der Waals surface area contributed by atoms with Gasteiger partial charge in [0.25, 0.3) is 0 Å². The Morgan fingerprint density at radius 1 is 1.24 bits per heavy atom. The van der Waals surface area contributed by atoms with Crippen molar-refractivity contribution in [3.63, 3.8) is 0 Å². The monoisotopic (exact) mass is 297 g/mol. The number of piperidine rings is 1. The molecule has 1 N–H and O–H groups in total. The highest BCUT2D eigenvalue weighted by atomic mass is 16.5. The van der Waals surface area contributed by atoms with Crippen LogP contribution in [-0.4, -0.2) is 91.3 Å². The quantitative estimate of drug-likeness (QED) is 0.766. The first-order valence-electron chi connectivity index (χ1n) is 7.61. The highest BCUT2D eigenvalue weighted by molar-refractivity contribution is 5.83. The smallest absolute Gasteiger partial charge is 0.407 e. The summed E-state index contributed by atoms with van der Waals surface area (Å²) in [5, 5.41) is 8.93. The summed E-state index contributed by atoms with van der Waals surface area (Å²) in [5.74, 6) is 0.734. The van der Waals surface area contributed by atoms with Gasteiger partial charge in [-0.1, -0.05) is 0 Å². The van der Waals surface area contributed by atoms with Gasteiger partial charge in [-0.3, -0.25) is 9.69 Å². The summed E-state index contributed by atoms with van der Waals surface area (Å²) in [4.78, 5) is 28.8. The van der Waals surface area contributed by atoms with Crippen molar-refractivity contribution >= 4 is 12.0 Å². The van der Waals surface area contributed by atoms with E-state index in [4.69, 9.17) is 9.84 Å². The minimum absolute atomic E-state index is 0.0512. The number of carbonyl (C=O) groups excluding carboxylic acids is 1. The molecular formula is C14H23N3O4. The van der Waals surface area contributed by atoms with Crippen LogP contribution in [-0.2, 0) is 9.53 Å². The number of likely N-dealkylation sites (N-methyl/N-ethyl adjacent to an activating group) is 1. The van der Waals surface area contributed by atoms with Crippen molar-refractivity contribution in [2.24, 2.45) is 17.8 Å². The molecule has 0 radical (unpaired) electrons. The summed E-state index contributed by atoms with van der Waals surface area (Å²) in [6, 6.07) is 0. The normalized spacial score (nSPS) is 31.9. The predicted octanol–water partition coefficient (Wildman–Crippen LogP) is -0.367. The lowest BCUT2D eigenvalue weighted by molar-refractivity contribution is -0.132. The van der Waals surface area contributed by atoms with Crippen LogP contribution >= 0.6 is 0 Å². The van der Waals surface area contributed by atoms with Gasteiger partial charge in [0, 0.05) is 52.2 Å². The van der Waals surface area contributed by atoms with E-state index in [1.165, 1.54) is 4.90 Å². The average molecular weight is 297 g/mol. The van der Waals surface area contributed by atoms with E-state index in [1.54, 1.807) is 0 Å². The number of fused-ring (bicyclic) bond motifs is 1. The van der Waals surface area contributed by atoms with Crippen LogP contribution in [0.3, 0.4) is 0 Å². The Morgan fingerprint density at radius 3 is 2.43 bits per heavy atom. The molecule has 2 amide bonds. The number of nitrogens with zero attached hydrogens (tertiary/aromatic N) is 3. The molecular weight excluding hydrogens is 274 g/mol. The molecule has 2 saturated heterocycles. The molecule has 21 heavy (non-hydrogen) atoms. The predicted molar refractivity (Wildman–Crippen MR) is 75.0 cm³/mol. The molecule has 3 rings (SSSR count). The number of carbonyl (C=O) groups is 2. The standard InChI is InChI=1S/C14H23N3O4/c1-15(2-3-16-4-6-21-7-5-16)13(18)12-10-8-17(14(19)20)9-11(10)12/h10-12H,2-9H2,1H3,(H,19,20)/t10-,11+,12?. The van der Waals surface area contributed by atoms with Crippen LogP contribution < -0.4 is 0 Å². The van der Waals surface area contributed by atoms with E-state index in [1.807, 2.05) is 11.9 Å². The van der Waals surface area contributed by atoms with E-state index >= 15 is 0 Å². The maximum atomic E-state index is 12.4. The molecule has 7 heteroatoms. The summed E-state index contributed by atoms with van der Waals surface area (Å²) in [5.41, 5.74) is 0. The van der Waals surface area contributed by atoms with E-state index < -0.39 is 6.09 Å². The second kappa shape index (κ2) is 5.81. The maximum absolute atomic E-state index is 12.4. The van der Waals surface area contributed by atoms with Gasteiger partial charge in [-0.2, -0.15) is 0 Å². The van der Waals surface area contributed by atoms with E-state index in [-0.39, 0.29) is 23.7 Å². The lowest BCUT2D eigenvalue weighted by Crippen LogP contribution is -2.43. The first-order chi connectivity index (χ1) is 10.1. The molecule has 1 aliphatic carbocycles. The third-order valence-corrected chi connectivity index (χ3v) is 4.98. The number of rotatable bonds is 4. The largest absolute Gasteiger partial charge is 0.465 e. The number of amides is 2. The molecule has 2 heterocycles. The molecule has 1 saturated carbocycles. The lowest BCUT2D eigenvalue weighted by Gasteiger charge is -2.29. The van der Waals surface area contributed by atoms with Gasteiger partial charge in [0.05, 0.1) is 13.2 Å². The molecule has 118 valence electrons. The summed E-state index contributed by atoms with van der Waals surface area (Å²) in [6.45, 7) is 6.08. The van der Waals surface area contributed by atoms with Crippen molar-refractivity contribution < 1.29 is 19.4 Å². The fourth-order valence-electron chi connectivity index (χ4n) is 3.53. The first-order valence-corrected chi connectivity index (χ1v) is 7.61. The van der Waals surface area contributed by atoms with Crippen LogP contribution in [0.5, 0.6) is 0 Å².